The number of rotatable bonds is 4. The molecule has 25 heavy (non-hydrogen) atoms. The van der Waals surface area contributed by atoms with E-state index in [2.05, 4.69) is 55.2 Å². The van der Waals surface area contributed by atoms with Gasteiger partial charge in [0.1, 0.15) is 0 Å². The molecule has 0 unspecified atom stereocenters. The van der Waals surface area contributed by atoms with E-state index in [0.29, 0.717) is 17.8 Å². The van der Waals surface area contributed by atoms with Gasteiger partial charge in [-0.1, -0.05) is 41.6 Å². The molecule has 1 fully saturated rings. The smallest absolute Gasteiger partial charge is 0.233 e. The number of nitrogens with zero attached hydrogens (tertiary/aromatic N) is 4. The topological polar surface area (TPSA) is 51.0 Å². The maximum Gasteiger partial charge on any atom is 0.233 e. The minimum Gasteiger partial charge on any atom is -0.337 e. The normalized spacial score (nSPS) is 20.7. The maximum absolute atomic E-state index is 12.7. The van der Waals surface area contributed by atoms with Crippen molar-refractivity contribution < 1.29 is 4.79 Å². The van der Waals surface area contributed by atoms with Gasteiger partial charge < -0.3 is 9.47 Å². The fraction of sp³-hybridized carbons (Fsp3) is 0.526. The van der Waals surface area contributed by atoms with Crippen LogP contribution >= 0.6 is 11.8 Å². The number of aryl methyl sites for hydroxylation is 1. The maximum atomic E-state index is 12.7. The molecule has 5 nitrogen and oxygen atoms in total. The molecule has 6 heteroatoms. The van der Waals surface area contributed by atoms with Crippen LogP contribution in [-0.2, 0) is 11.8 Å². The zero-order valence-electron chi connectivity index (χ0n) is 15.4. The van der Waals surface area contributed by atoms with Gasteiger partial charge in [-0.05, 0) is 40.0 Å². The van der Waals surface area contributed by atoms with Crippen molar-refractivity contribution >= 4 is 17.7 Å². The van der Waals surface area contributed by atoms with E-state index in [-0.39, 0.29) is 5.91 Å². The van der Waals surface area contributed by atoms with E-state index in [9.17, 15) is 4.79 Å². The Bertz CT molecular complexity index is 730. The molecule has 0 radical (unpaired) electrons. The standard InChI is InChI=1S/C19H26N4OS/c1-13-8-10-16(11-9-13)18-20-21-19(22(18)4)25-12-17(24)23-14(2)6-5-7-15(23)3/h8-11,14-15H,5-7,12H2,1-4H3/t14-,15-/m0/s1. The predicted octanol–water partition coefficient (Wildman–Crippen LogP) is 3.67. The summed E-state index contributed by atoms with van der Waals surface area (Å²) in [5, 5.41) is 9.36. The minimum atomic E-state index is 0.199. The van der Waals surface area contributed by atoms with Crippen LogP contribution in [0.3, 0.4) is 0 Å². The third-order valence-electron chi connectivity index (χ3n) is 4.95. The first-order chi connectivity index (χ1) is 12.0. The Labute approximate surface area is 153 Å². The van der Waals surface area contributed by atoms with Crippen molar-refractivity contribution in [3.8, 4) is 11.4 Å². The number of likely N-dealkylation sites (tertiary alicyclic amines) is 1. The van der Waals surface area contributed by atoms with Crippen LogP contribution in [0.25, 0.3) is 11.4 Å². The average Bonchev–Trinajstić information content (AvgIpc) is 2.94. The SMILES string of the molecule is Cc1ccc(-c2nnc(SCC(=O)N3[C@@H](C)CCC[C@@H]3C)n2C)cc1. The molecular weight excluding hydrogens is 332 g/mol. The highest BCUT2D eigenvalue weighted by Crippen LogP contribution is 2.26. The summed E-state index contributed by atoms with van der Waals surface area (Å²) >= 11 is 1.47. The van der Waals surface area contributed by atoms with Crippen LogP contribution in [-0.4, -0.2) is 43.4 Å². The van der Waals surface area contributed by atoms with Gasteiger partial charge in [0, 0.05) is 24.7 Å². The average molecular weight is 359 g/mol. The highest BCUT2D eigenvalue weighted by Gasteiger charge is 2.29. The molecule has 1 aromatic carbocycles. The van der Waals surface area contributed by atoms with E-state index in [1.165, 1.54) is 23.7 Å². The number of amides is 1. The summed E-state index contributed by atoms with van der Waals surface area (Å²) in [5.74, 6) is 1.44. The molecule has 1 aromatic heterocycles. The number of aromatic nitrogens is 3. The molecule has 2 heterocycles. The Morgan fingerprint density at radius 3 is 2.44 bits per heavy atom. The van der Waals surface area contributed by atoms with Gasteiger partial charge in [-0.15, -0.1) is 10.2 Å². The lowest BCUT2D eigenvalue weighted by Gasteiger charge is -2.39. The van der Waals surface area contributed by atoms with E-state index < -0.39 is 0 Å². The molecule has 0 saturated carbocycles. The van der Waals surface area contributed by atoms with Crippen molar-refractivity contribution in [1.29, 1.82) is 0 Å². The molecule has 0 aliphatic carbocycles. The zero-order chi connectivity index (χ0) is 18.0. The molecule has 1 aliphatic rings. The molecule has 1 saturated heterocycles. The lowest BCUT2D eigenvalue weighted by atomic mass is 9.98. The van der Waals surface area contributed by atoms with E-state index in [4.69, 9.17) is 0 Å². The first-order valence-corrected chi connectivity index (χ1v) is 9.86. The molecule has 3 rings (SSSR count). The van der Waals surface area contributed by atoms with Gasteiger partial charge in [-0.3, -0.25) is 4.79 Å². The number of carbonyl (C=O) groups is 1. The molecule has 2 atom stereocenters. The largest absolute Gasteiger partial charge is 0.337 e. The highest BCUT2D eigenvalue weighted by atomic mass is 32.2. The summed E-state index contributed by atoms with van der Waals surface area (Å²) in [7, 11) is 1.95. The number of benzene rings is 1. The van der Waals surface area contributed by atoms with Crippen molar-refractivity contribution in [2.75, 3.05) is 5.75 Å². The number of hydrogen-bond acceptors (Lipinski definition) is 4. The van der Waals surface area contributed by atoms with E-state index in [1.807, 2.05) is 16.5 Å². The Balaban J connectivity index is 1.68. The van der Waals surface area contributed by atoms with Crippen LogP contribution < -0.4 is 0 Å². The summed E-state index contributed by atoms with van der Waals surface area (Å²) in [6.07, 6.45) is 3.41. The lowest BCUT2D eigenvalue weighted by molar-refractivity contribution is -0.134. The fourth-order valence-corrected chi connectivity index (χ4v) is 4.29. The molecule has 0 bridgehead atoms. The number of hydrogen-bond donors (Lipinski definition) is 0. The Morgan fingerprint density at radius 1 is 1.16 bits per heavy atom. The number of piperidine rings is 1. The van der Waals surface area contributed by atoms with Crippen molar-refractivity contribution in [3.05, 3.63) is 29.8 Å². The third-order valence-corrected chi connectivity index (χ3v) is 5.96. The van der Waals surface area contributed by atoms with E-state index in [1.54, 1.807) is 0 Å². The summed E-state index contributed by atoms with van der Waals surface area (Å²) in [6, 6.07) is 8.91. The molecule has 1 aliphatic heterocycles. The zero-order valence-corrected chi connectivity index (χ0v) is 16.2. The van der Waals surface area contributed by atoms with Crippen molar-refractivity contribution in [3.63, 3.8) is 0 Å². The monoisotopic (exact) mass is 358 g/mol. The number of thioether (sulfide) groups is 1. The second kappa shape index (κ2) is 7.60. The van der Waals surface area contributed by atoms with Gasteiger partial charge in [-0.25, -0.2) is 0 Å². The Morgan fingerprint density at radius 2 is 1.80 bits per heavy atom. The van der Waals surface area contributed by atoms with Gasteiger partial charge in [0.2, 0.25) is 5.91 Å². The first kappa shape index (κ1) is 18.0. The highest BCUT2D eigenvalue weighted by molar-refractivity contribution is 7.99. The summed E-state index contributed by atoms with van der Waals surface area (Å²) in [4.78, 5) is 14.7. The third kappa shape index (κ3) is 3.89. The number of carbonyl (C=O) groups excluding carboxylic acids is 1. The second-order valence-corrected chi connectivity index (χ2v) is 7.89. The van der Waals surface area contributed by atoms with Crippen molar-refractivity contribution in [2.45, 2.75) is 57.3 Å². The van der Waals surface area contributed by atoms with Crippen LogP contribution in [0, 0.1) is 6.92 Å². The Kier molecular flexibility index (Phi) is 5.47. The molecule has 0 spiro atoms. The van der Waals surface area contributed by atoms with Crippen molar-refractivity contribution in [2.24, 2.45) is 7.05 Å². The van der Waals surface area contributed by atoms with Gasteiger partial charge in [0.25, 0.3) is 0 Å². The first-order valence-electron chi connectivity index (χ1n) is 8.87. The van der Waals surface area contributed by atoms with Crippen LogP contribution in [0.5, 0.6) is 0 Å². The van der Waals surface area contributed by atoms with Crippen LogP contribution in [0.4, 0.5) is 0 Å². The van der Waals surface area contributed by atoms with E-state index >= 15 is 0 Å². The molecule has 134 valence electrons. The lowest BCUT2D eigenvalue weighted by Crippen LogP contribution is -2.48. The van der Waals surface area contributed by atoms with Gasteiger partial charge >= 0.3 is 0 Å². The Hall–Kier alpha value is -1.82. The summed E-state index contributed by atoms with van der Waals surface area (Å²) in [6.45, 7) is 6.36. The summed E-state index contributed by atoms with van der Waals surface area (Å²) in [5.41, 5.74) is 2.26. The molecule has 1 amide bonds. The quantitative estimate of drug-likeness (QED) is 0.783. The van der Waals surface area contributed by atoms with Gasteiger partial charge in [-0.2, -0.15) is 0 Å². The molecular formula is C19H26N4OS. The minimum absolute atomic E-state index is 0.199. The van der Waals surface area contributed by atoms with Gasteiger partial charge in [0.15, 0.2) is 11.0 Å². The van der Waals surface area contributed by atoms with E-state index in [0.717, 1.165) is 29.4 Å². The molecule has 2 aromatic rings. The van der Waals surface area contributed by atoms with Crippen LogP contribution in [0.15, 0.2) is 29.4 Å². The summed E-state index contributed by atoms with van der Waals surface area (Å²) < 4.78 is 1.96. The van der Waals surface area contributed by atoms with Gasteiger partial charge in [0.05, 0.1) is 5.75 Å². The van der Waals surface area contributed by atoms with Crippen LogP contribution in [0.2, 0.25) is 0 Å². The fourth-order valence-electron chi connectivity index (χ4n) is 3.51. The van der Waals surface area contributed by atoms with Crippen LogP contribution in [0.1, 0.15) is 38.7 Å². The molecule has 0 N–H and O–H groups in total. The van der Waals surface area contributed by atoms with Crippen molar-refractivity contribution in [1.82, 2.24) is 19.7 Å². The predicted molar refractivity (Wildman–Crippen MR) is 102 cm³/mol. The second-order valence-electron chi connectivity index (χ2n) is 6.95.